The van der Waals surface area contributed by atoms with Crippen molar-refractivity contribution in [1.29, 1.82) is 0 Å². The van der Waals surface area contributed by atoms with E-state index in [2.05, 4.69) is 5.32 Å². The molecule has 0 bridgehead atoms. The van der Waals surface area contributed by atoms with Crippen molar-refractivity contribution in [3.05, 3.63) is 64.7 Å². The number of sulfonamides is 1. The number of benzene rings is 2. The van der Waals surface area contributed by atoms with Gasteiger partial charge in [-0.1, -0.05) is 61.2 Å². The van der Waals surface area contributed by atoms with Crippen LogP contribution in [0.5, 0.6) is 0 Å². The molecule has 1 saturated carbocycles. The molecular weight excluding hydrogens is 486 g/mol. The van der Waals surface area contributed by atoms with Crippen LogP contribution in [0.25, 0.3) is 0 Å². The largest absolute Gasteiger partial charge is 0.352 e. The molecule has 35 heavy (non-hydrogen) atoms. The molecule has 0 aliphatic heterocycles. The van der Waals surface area contributed by atoms with Crippen LogP contribution in [0.3, 0.4) is 0 Å². The molecular formula is C26H34ClN3O4S. The first-order chi connectivity index (χ1) is 16.6. The number of halogens is 1. The van der Waals surface area contributed by atoms with Gasteiger partial charge in [0.15, 0.2) is 0 Å². The summed E-state index contributed by atoms with van der Waals surface area (Å²) in [6.45, 7) is 3.63. The average molecular weight is 520 g/mol. The summed E-state index contributed by atoms with van der Waals surface area (Å²) in [5, 5.41) is 3.56. The van der Waals surface area contributed by atoms with Gasteiger partial charge in [-0.3, -0.25) is 13.9 Å². The zero-order chi connectivity index (χ0) is 25.6. The van der Waals surface area contributed by atoms with Crippen molar-refractivity contribution < 1.29 is 18.0 Å². The second kappa shape index (κ2) is 11.9. The molecule has 0 spiro atoms. The molecule has 2 aromatic rings. The van der Waals surface area contributed by atoms with E-state index in [4.69, 9.17) is 11.6 Å². The molecule has 1 atom stereocenters. The molecule has 0 aromatic heterocycles. The molecule has 3 rings (SSSR count). The molecule has 1 aliphatic rings. The predicted octanol–water partition coefficient (Wildman–Crippen LogP) is 4.28. The fraction of sp³-hybridized carbons (Fsp3) is 0.462. The Hall–Kier alpha value is -2.58. The standard InChI is InChI=1S/C26H34ClN3O4S/c1-4-24(26(32)28-22-7-5-6-8-22)29(17-20-11-9-19(2)10-12-20)25(31)18-30(35(3,33)34)23-15-13-21(27)14-16-23/h9-16,22,24H,4-8,17-18H2,1-3H3,(H,28,32). The van der Waals surface area contributed by atoms with Crippen molar-refractivity contribution in [3.63, 3.8) is 0 Å². The van der Waals surface area contributed by atoms with Gasteiger partial charge in [0, 0.05) is 17.6 Å². The molecule has 9 heteroatoms. The molecule has 190 valence electrons. The summed E-state index contributed by atoms with van der Waals surface area (Å²) >= 11 is 5.97. The number of anilines is 1. The van der Waals surface area contributed by atoms with Gasteiger partial charge in [0.2, 0.25) is 21.8 Å². The predicted molar refractivity (Wildman–Crippen MR) is 140 cm³/mol. The van der Waals surface area contributed by atoms with Gasteiger partial charge in [-0.25, -0.2) is 8.42 Å². The van der Waals surface area contributed by atoms with Gasteiger partial charge in [-0.2, -0.15) is 0 Å². The van der Waals surface area contributed by atoms with E-state index in [-0.39, 0.29) is 18.5 Å². The van der Waals surface area contributed by atoms with E-state index in [1.165, 1.54) is 4.90 Å². The first-order valence-corrected chi connectivity index (χ1v) is 14.2. The number of amides is 2. The van der Waals surface area contributed by atoms with Crippen molar-refractivity contribution in [2.75, 3.05) is 17.1 Å². The van der Waals surface area contributed by atoms with Crippen LogP contribution < -0.4 is 9.62 Å². The van der Waals surface area contributed by atoms with Gasteiger partial charge in [0.05, 0.1) is 11.9 Å². The number of nitrogens with zero attached hydrogens (tertiary/aromatic N) is 2. The molecule has 7 nitrogen and oxygen atoms in total. The zero-order valence-electron chi connectivity index (χ0n) is 20.5. The highest BCUT2D eigenvalue weighted by Gasteiger charge is 2.33. The minimum atomic E-state index is -3.77. The highest BCUT2D eigenvalue weighted by Crippen LogP contribution is 2.23. The summed E-state index contributed by atoms with van der Waals surface area (Å²) < 4.78 is 26.3. The first kappa shape index (κ1) is 27.0. The Labute approximate surface area is 213 Å². The Balaban J connectivity index is 1.90. The Morgan fingerprint density at radius 2 is 1.66 bits per heavy atom. The number of nitrogens with one attached hydrogen (secondary N) is 1. The normalized spacial score (nSPS) is 15.0. The van der Waals surface area contributed by atoms with Gasteiger partial charge >= 0.3 is 0 Å². The maximum Gasteiger partial charge on any atom is 0.244 e. The number of hydrogen-bond acceptors (Lipinski definition) is 4. The van der Waals surface area contributed by atoms with E-state index in [0.29, 0.717) is 17.1 Å². The van der Waals surface area contributed by atoms with E-state index < -0.39 is 28.5 Å². The molecule has 0 saturated heterocycles. The van der Waals surface area contributed by atoms with Crippen molar-refractivity contribution in [2.24, 2.45) is 0 Å². The zero-order valence-corrected chi connectivity index (χ0v) is 22.1. The maximum absolute atomic E-state index is 13.7. The van der Waals surface area contributed by atoms with E-state index >= 15 is 0 Å². The lowest BCUT2D eigenvalue weighted by atomic mass is 10.1. The van der Waals surface area contributed by atoms with Crippen molar-refractivity contribution in [3.8, 4) is 0 Å². The Morgan fingerprint density at radius 1 is 1.06 bits per heavy atom. The number of hydrogen-bond donors (Lipinski definition) is 1. The summed E-state index contributed by atoms with van der Waals surface area (Å²) in [6, 6.07) is 13.4. The Bertz CT molecular complexity index is 1110. The van der Waals surface area contributed by atoms with Crippen LogP contribution in [0.4, 0.5) is 5.69 Å². The number of carbonyl (C=O) groups is 2. The van der Waals surface area contributed by atoms with Gasteiger partial charge in [-0.15, -0.1) is 0 Å². The highest BCUT2D eigenvalue weighted by molar-refractivity contribution is 7.92. The number of carbonyl (C=O) groups excluding carboxylic acids is 2. The molecule has 0 heterocycles. The molecule has 1 unspecified atom stereocenters. The van der Waals surface area contributed by atoms with E-state index in [0.717, 1.165) is 47.4 Å². The second-order valence-corrected chi connectivity index (χ2v) is 11.5. The lowest BCUT2D eigenvalue weighted by Gasteiger charge is -2.33. The van der Waals surface area contributed by atoms with Crippen LogP contribution in [0.1, 0.15) is 50.2 Å². The molecule has 1 fully saturated rings. The fourth-order valence-corrected chi connectivity index (χ4v) is 5.37. The third-order valence-electron chi connectivity index (χ3n) is 6.35. The van der Waals surface area contributed by atoms with Crippen LogP contribution in [0.15, 0.2) is 48.5 Å². The van der Waals surface area contributed by atoms with Crippen LogP contribution in [0.2, 0.25) is 5.02 Å². The van der Waals surface area contributed by atoms with Crippen molar-refractivity contribution in [2.45, 2.75) is 64.6 Å². The smallest absolute Gasteiger partial charge is 0.244 e. The Kier molecular flexibility index (Phi) is 9.19. The van der Waals surface area contributed by atoms with Gasteiger partial charge < -0.3 is 10.2 Å². The van der Waals surface area contributed by atoms with E-state index in [1.54, 1.807) is 24.3 Å². The third-order valence-corrected chi connectivity index (χ3v) is 7.75. The molecule has 2 aromatic carbocycles. The summed E-state index contributed by atoms with van der Waals surface area (Å²) in [4.78, 5) is 28.4. The summed E-state index contributed by atoms with van der Waals surface area (Å²) in [5.41, 5.74) is 2.29. The minimum Gasteiger partial charge on any atom is -0.352 e. The van der Waals surface area contributed by atoms with Crippen LogP contribution in [0, 0.1) is 6.92 Å². The van der Waals surface area contributed by atoms with Crippen molar-refractivity contribution in [1.82, 2.24) is 10.2 Å². The fourth-order valence-electron chi connectivity index (χ4n) is 4.40. The topological polar surface area (TPSA) is 86.8 Å². The van der Waals surface area contributed by atoms with E-state index in [1.807, 2.05) is 38.1 Å². The Morgan fingerprint density at radius 3 is 2.20 bits per heavy atom. The lowest BCUT2D eigenvalue weighted by molar-refractivity contribution is -0.140. The van der Waals surface area contributed by atoms with Gasteiger partial charge in [0.1, 0.15) is 12.6 Å². The second-order valence-electron chi connectivity index (χ2n) is 9.17. The quantitative estimate of drug-likeness (QED) is 0.507. The first-order valence-electron chi connectivity index (χ1n) is 12.0. The molecule has 2 amide bonds. The van der Waals surface area contributed by atoms with Gasteiger partial charge in [-0.05, 0) is 56.0 Å². The summed E-state index contributed by atoms with van der Waals surface area (Å²) in [6.07, 6.45) is 5.51. The summed E-state index contributed by atoms with van der Waals surface area (Å²) in [7, 11) is -3.77. The maximum atomic E-state index is 13.7. The third kappa shape index (κ3) is 7.45. The molecule has 0 radical (unpaired) electrons. The van der Waals surface area contributed by atoms with Crippen molar-refractivity contribution >= 4 is 39.1 Å². The van der Waals surface area contributed by atoms with Crippen LogP contribution >= 0.6 is 11.6 Å². The SMILES string of the molecule is CCC(C(=O)NC1CCCC1)N(Cc1ccc(C)cc1)C(=O)CN(c1ccc(Cl)cc1)S(C)(=O)=O. The van der Waals surface area contributed by atoms with Gasteiger partial charge in [0.25, 0.3) is 0 Å². The van der Waals surface area contributed by atoms with Crippen LogP contribution in [-0.2, 0) is 26.2 Å². The molecule has 1 aliphatic carbocycles. The number of aryl methyl sites for hydroxylation is 1. The van der Waals surface area contributed by atoms with E-state index in [9.17, 15) is 18.0 Å². The lowest BCUT2D eigenvalue weighted by Crippen LogP contribution is -2.53. The monoisotopic (exact) mass is 519 g/mol. The minimum absolute atomic E-state index is 0.120. The average Bonchev–Trinajstić information content (AvgIpc) is 3.31. The number of rotatable bonds is 10. The highest BCUT2D eigenvalue weighted by atomic mass is 35.5. The van der Waals surface area contributed by atoms with Crippen LogP contribution in [-0.4, -0.2) is 50.0 Å². The molecule has 1 N–H and O–H groups in total. The summed E-state index contributed by atoms with van der Waals surface area (Å²) in [5.74, 6) is -0.642.